The van der Waals surface area contributed by atoms with Crippen LogP contribution < -0.4 is 5.32 Å². The number of piperazine rings is 1. The largest absolute Gasteiger partial charge is 0.307 e. The first-order valence-electron chi connectivity index (χ1n) is 7.81. The molecule has 2 aromatic rings. The highest BCUT2D eigenvalue weighted by Gasteiger charge is 2.39. The van der Waals surface area contributed by atoms with Crippen molar-refractivity contribution >= 4 is 11.3 Å². The van der Waals surface area contributed by atoms with Crippen LogP contribution in [0.25, 0.3) is 0 Å². The van der Waals surface area contributed by atoms with E-state index >= 15 is 0 Å². The molecule has 2 fully saturated rings. The molecule has 1 saturated heterocycles. The highest BCUT2D eigenvalue weighted by molar-refractivity contribution is 7.09. The van der Waals surface area contributed by atoms with Gasteiger partial charge in [-0.2, -0.15) is 0 Å². The minimum Gasteiger partial charge on any atom is -0.307 e. The van der Waals surface area contributed by atoms with Crippen LogP contribution >= 0.6 is 11.3 Å². The maximum Gasteiger partial charge on any atom is 0.107 e. The van der Waals surface area contributed by atoms with E-state index in [1.807, 2.05) is 6.20 Å². The molecule has 3 nitrogen and oxygen atoms in total. The van der Waals surface area contributed by atoms with Crippen LogP contribution in [0.4, 0.5) is 0 Å². The van der Waals surface area contributed by atoms with Crippen LogP contribution in [-0.2, 0) is 6.54 Å². The average molecular weight is 299 g/mol. The summed E-state index contributed by atoms with van der Waals surface area (Å²) >= 11 is 1.77. The topological polar surface area (TPSA) is 28.2 Å². The Bertz CT molecular complexity index is 565. The van der Waals surface area contributed by atoms with Gasteiger partial charge < -0.3 is 5.32 Å². The van der Waals surface area contributed by atoms with Gasteiger partial charge in [-0.3, -0.25) is 4.90 Å². The molecule has 2 heterocycles. The molecule has 1 aromatic heterocycles. The predicted octanol–water partition coefficient (Wildman–Crippen LogP) is 3.07. The smallest absolute Gasteiger partial charge is 0.107 e. The minimum absolute atomic E-state index is 0.446. The number of hydrogen-bond donors (Lipinski definition) is 1. The lowest BCUT2D eigenvalue weighted by Crippen LogP contribution is -2.53. The van der Waals surface area contributed by atoms with Crippen LogP contribution in [0.3, 0.4) is 0 Å². The van der Waals surface area contributed by atoms with Crippen LogP contribution in [-0.4, -0.2) is 29.0 Å². The maximum atomic E-state index is 4.48. The Hall–Kier alpha value is -1.23. The van der Waals surface area contributed by atoms with E-state index in [9.17, 15) is 0 Å². The number of rotatable bonds is 4. The quantitative estimate of drug-likeness (QED) is 0.940. The Balaban J connectivity index is 1.51. The summed E-state index contributed by atoms with van der Waals surface area (Å²) in [4.78, 5) is 7.14. The van der Waals surface area contributed by atoms with Crippen molar-refractivity contribution in [1.29, 1.82) is 0 Å². The number of aromatic nitrogens is 1. The Morgan fingerprint density at radius 1 is 1.24 bits per heavy atom. The van der Waals surface area contributed by atoms with E-state index in [0.29, 0.717) is 12.1 Å². The van der Waals surface area contributed by atoms with Crippen molar-refractivity contribution in [3.05, 3.63) is 52.5 Å². The van der Waals surface area contributed by atoms with Crippen LogP contribution in [0, 0.1) is 5.92 Å². The summed E-state index contributed by atoms with van der Waals surface area (Å²) in [5, 5.41) is 7.08. The maximum absolute atomic E-state index is 4.48. The van der Waals surface area contributed by atoms with Gasteiger partial charge in [0.1, 0.15) is 5.01 Å². The molecule has 0 spiro atoms. The second-order valence-corrected chi connectivity index (χ2v) is 7.11. The summed E-state index contributed by atoms with van der Waals surface area (Å²) in [5.41, 5.74) is 1.40. The molecule has 2 unspecified atom stereocenters. The van der Waals surface area contributed by atoms with Crippen LogP contribution in [0.1, 0.15) is 29.5 Å². The van der Waals surface area contributed by atoms with Gasteiger partial charge in [-0.05, 0) is 24.3 Å². The first-order chi connectivity index (χ1) is 10.4. The van der Waals surface area contributed by atoms with Crippen LogP contribution in [0.5, 0.6) is 0 Å². The van der Waals surface area contributed by atoms with E-state index in [0.717, 1.165) is 25.6 Å². The molecule has 1 aromatic carbocycles. The van der Waals surface area contributed by atoms with Crippen molar-refractivity contribution in [3.63, 3.8) is 0 Å². The number of nitrogens with zero attached hydrogens (tertiary/aromatic N) is 2. The zero-order chi connectivity index (χ0) is 14.1. The van der Waals surface area contributed by atoms with Crippen molar-refractivity contribution in [3.8, 4) is 0 Å². The summed E-state index contributed by atoms with van der Waals surface area (Å²) in [6, 6.07) is 12.0. The second-order valence-electron chi connectivity index (χ2n) is 6.13. The van der Waals surface area contributed by atoms with Crippen molar-refractivity contribution < 1.29 is 0 Å². The number of benzene rings is 1. The highest BCUT2D eigenvalue weighted by Crippen LogP contribution is 2.38. The van der Waals surface area contributed by atoms with Gasteiger partial charge in [-0.25, -0.2) is 4.98 Å². The molecular weight excluding hydrogens is 278 g/mol. The minimum atomic E-state index is 0.446. The molecule has 2 atom stereocenters. The molecule has 4 rings (SSSR count). The van der Waals surface area contributed by atoms with Gasteiger partial charge in [0.25, 0.3) is 0 Å². The monoisotopic (exact) mass is 299 g/mol. The number of thiazole rings is 1. The molecule has 21 heavy (non-hydrogen) atoms. The van der Waals surface area contributed by atoms with E-state index in [-0.39, 0.29) is 0 Å². The van der Waals surface area contributed by atoms with Gasteiger partial charge in [0.15, 0.2) is 0 Å². The molecule has 0 radical (unpaired) electrons. The van der Waals surface area contributed by atoms with E-state index < -0.39 is 0 Å². The standard InChI is InChI=1S/C17H21N3S/c1-2-4-13(5-3-1)15-11-20(12-17-18-8-9-21-17)16(10-19-15)14-6-7-14/h1-5,8-9,14-16,19H,6-7,10-12H2. The number of hydrogen-bond acceptors (Lipinski definition) is 4. The molecule has 1 N–H and O–H groups in total. The molecule has 1 aliphatic carbocycles. The third-order valence-electron chi connectivity index (χ3n) is 4.65. The van der Waals surface area contributed by atoms with Crippen LogP contribution in [0.2, 0.25) is 0 Å². The lowest BCUT2D eigenvalue weighted by atomic mass is 9.99. The molecule has 0 bridgehead atoms. The van der Waals surface area contributed by atoms with Gasteiger partial charge in [-0.15, -0.1) is 11.3 Å². The molecular formula is C17H21N3S. The Morgan fingerprint density at radius 2 is 2.10 bits per heavy atom. The van der Waals surface area contributed by atoms with Gasteiger partial charge in [0.2, 0.25) is 0 Å². The van der Waals surface area contributed by atoms with Crippen molar-refractivity contribution in [2.45, 2.75) is 31.5 Å². The Morgan fingerprint density at radius 3 is 2.81 bits per heavy atom. The third-order valence-corrected chi connectivity index (χ3v) is 5.41. The predicted molar refractivity (Wildman–Crippen MR) is 86.2 cm³/mol. The zero-order valence-electron chi connectivity index (χ0n) is 12.1. The normalized spacial score (nSPS) is 26.9. The van der Waals surface area contributed by atoms with Crippen LogP contribution in [0.15, 0.2) is 41.9 Å². The van der Waals surface area contributed by atoms with Crippen molar-refractivity contribution in [2.75, 3.05) is 13.1 Å². The highest BCUT2D eigenvalue weighted by atomic mass is 32.1. The first-order valence-corrected chi connectivity index (χ1v) is 8.69. The van der Waals surface area contributed by atoms with Gasteiger partial charge in [-0.1, -0.05) is 30.3 Å². The van der Waals surface area contributed by atoms with E-state index in [1.54, 1.807) is 11.3 Å². The molecule has 2 aliphatic rings. The number of nitrogens with one attached hydrogen (secondary N) is 1. The summed E-state index contributed by atoms with van der Waals surface area (Å²) in [5.74, 6) is 0.897. The first kappa shape index (κ1) is 13.4. The molecule has 110 valence electrons. The van der Waals surface area contributed by atoms with Crippen molar-refractivity contribution in [1.82, 2.24) is 15.2 Å². The molecule has 4 heteroatoms. The lowest BCUT2D eigenvalue weighted by molar-refractivity contribution is 0.107. The SMILES string of the molecule is c1ccc(C2CN(Cc3nccs3)C(C3CC3)CN2)cc1. The zero-order valence-corrected chi connectivity index (χ0v) is 12.9. The van der Waals surface area contributed by atoms with E-state index in [1.165, 1.54) is 23.4 Å². The molecule has 0 amide bonds. The fourth-order valence-corrected chi connectivity index (χ4v) is 4.01. The third kappa shape index (κ3) is 3.03. The van der Waals surface area contributed by atoms with E-state index in [2.05, 4.69) is 50.9 Å². The summed E-state index contributed by atoms with van der Waals surface area (Å²) in [6.45, 7) is 3.20. The second kappa shape index (κ2) is 5.87. The summed E-state index contributed by atoms with van der Waals surface area (Å²) < 4.78 is 0. The average Bonchev–Trinajstić information content (AvgIpc) is 3.25. The fraction of sp³-hybridized carbons (Fsp3) is 0.471. The fourth-order valence-electron chi connectivity index (χ4n) is 3.37. The molecule has 1 aliphatic heterocycles. The van der Waals surface area contributed by atoms with E-state index in [4.69, 9.17) is 0 Å². The Labute approximate surface area is 130 Å². The lowest BCUT2D eigenvalue weighted by Gasteiger charge is -2.40. The van der Waals surface area contributed by atoms with Crippen molar-refractivity contribution in [2.24, 2.45) is 5.92 Å². The van der Waals surface area contributed by atoms with Gasteiger partial charge in [0.05, 0.1) is 6.54 Å². The molecule has 1 saturated carbocycles. The van der Waals surface area contributed by atoms with Gasteiger partial charge in [0, 0.05) is 36.8 Å². The summed E-state index contributed by atoms with van der Waals surface area (Å²) in [6.07, 6.45) is 4.72. The van der Waals surface area contributed by atoms with Gasteiger partial charge >= 0.3 is 0 Å². The summed E-state index contributed by atoms with van der Waals surface area (Å²) in [7, 11) is 0. The Kier molecular flexibility index (Phi) is 3.76.